The molecule has 1 aromatic heterocycles. The van der Waals surface area contributed by atoms with Gasteiger partial charge in [0.2, 0.25) is 0 Å². The Bertz CT molecular complexity index is 867. The molecular formula is C22H24F3N3O. The molecule has 0 bridgehead atoms. The topological polar surface area (TPSA) is 45.2 Å². The van der Waals surface area contributed by atoms with Crippen molar-refractivity contribution in [2.24, 2.45) is 5.92 Å². The lowest BCUT2D eigenvalue weighted by Crippen LogP contribution is -2.47. The normalized spacial score (nSPS) is 22.1. The number of alkyl halides is 3. The largest absolute Gasteiger partial charge is 0.416 e. The molecule has 4 nitrogen and oxygen atoms in total. The van der Waals surface area contributed by atoms with Crippen LogP contribution in [0.15, 0.2) is 42.7 Å². The maximum atomic E-state index is 13.3. The third-order valence-electron chi connectivity index (χ3n) is 6.07. The van der Waals surface area contributed by atoms with Crippen LogP contribution in [0.3, 0.4) is 0 Å². The van der Waals surface area contributed by atoms with Gasteiger partial charge in [0.1, 0.15) is 0 Å². The highest BCUT2D eigenvalue weighted by Gasteiger charge is 2.36. The van der Waals surface area contributed by atoms with Crippen molar-refractivity contribution < 1.29 is 18.0 Å². The number of nitrogens with zero attached hydrogens (tertiary/aromatic N) is 2. The highest BCUT2D eigenvalue weighted by atomic mass is 19.4. The number of anilines is 2. The molecule has 2 heterocycles. The van der Waals surface area contributed by atoms with Crippen molar-refractivity contribution in [3.05, 3.63) is 53.9 Å². The van der Waals surface area contributed by atoms with Crippen LogP contribution in [0.5, 0.6) is 0 Å². The summed E-state index contributed by atoms with van der Waals surface area (Å²) in [6.07, 6.45) is 5.25. The van der Waals surface area contributed by atoms with Crippen LogP contribution in [-0.2, 0) is 6.18 Å². The van der Waals surface area contributed by atoms with E-state index in [9.17, 15) is 18.0 Å². The van der Waals surface area contributed by atoms with Gasteiger partial charge in [0.15, 0.2) is 0 Å². The minimum absolute atomic E-state index is 0.216. The number of benzene rings is 1. The van der Waals surface area contributed by atoms with Crippen LogP contribution < -0.4 is 10.2 Å². The lowest BCUT2D eigenvalue weighted by molar-refractivity contribution is -0.137. The maximum Gasteiger partial charge on any atom is 0.416 e. The number of fused-ring (bicyclic) bond motifs is 1. The smallest absolute Gasteiger partial charge is 0.367 e. The van der Waals surface area contributed by atoms with Gasteiger partial charge < -0.3 is 10.2 Å². The van der Waals surface area contributed by atoms with Gasteiger partial charge in [-0.1, -0.05) is 12.8 Å². The number of aromatic nitrogens is 1. The lowest BCUT2D eigenvalue weighted by Gasteiger charge is -2.46. The van der Waals surface area contributed by atoms with E-state index in [1.165, 1.54) is 37.7 Å². The summed E-state index contributed by atoms with van der Waals surface area (Å²) in [5.74, 6) is 0.133. The molecule has 0 unspecified atom stereocenters. The fraction of sp³-hybridized carbons (Fsp3) is 0.455. The molecule has 1 aliphatic carbocycles. The molecule has 4 rings (SSSR count). The van der Waals surface area contributed by atoms with Crippen LogP contribution in [0.4, 0.5) is 24.5 Å². The van der Waals surface area contributed by atoms with E-state index in [2.05, 4.69) is 15.2 Å². The van der Waals surface area contributed by atoms with Crippen LogP contribution in [0, 0.1) is 5.92 Å². The number of carbonyl (C=O) groups excluding carboxylic acids is 1. The molecule has 2 aliphatic rings. The number of pyridine rings is 1. The number of nitrogens with one attached hydrogen (secondary N) is 1. The third kappa shape index (κ3) is 4.23. The summed E-state index contributed by atoms with van der Waals surface area (Å²) in [5, 5.41) is 2.72. The zero-order valence-electron chi connectivity index (χ0n) is 16.1. The first-order valence-electron chi connectivity index (χ1n) is 10.1. The average molecular weight is 403 g/mol. The molecule has 1 aromatic carbocycles. The van der Waals surface area contributed by atoms with Crippen molar-refractivity contribution in [2.75, 3.05) is 16.8 Å². The van der Waals surface area contributed by atoms with Gasteiger partial charge in [-0.3, -0.25) is 9.78 Å². The lowest BCUT2D eigenvalue weighted by atomic mass is 9.78. The molecule has 1 saturated carbocycles. The Morgan fingerprint density at radius 2 is 1.76 bits per heavy atom. The number of halogens is 3. The summed E-state index contributed by atoms with van der Waals surface area (Å²) in [6, 6.07) is 7.10. The Balaban J connectivity index is 1.70. The number of rotatable bonds is 3. The van der Waals surface area contributed by atoms with E-state index < -0.39 is 17.6 Å². The van der Waals surface area contributed by atoms with Gasteiger partial charge in [0.25, 0.3) is 5.91 Å². The van der Waals surface area contributed by atoms with E-state index in [0.29, 0.717) is 23.2 Å². The molecule has 29 heavy (non-hydrogen) atoms. The van der Waals surface area contributed by atoms with Gasteiger partial charge in [-0.25, -0.2) is 0 Å². The average Bonchev–Trinajstić information content (AvgIpc) is 2.73. The van der Waals surface area contributed by atoms with Crippen molar-refractivity contribution in [3.63, 3.8) is 0 Å². The summed E-state index contributed by atoms with van der Waals surface area (Å²) < 4.78 is 40.0. The quantitative estimate of drug-likeness (QED) is 0.735. The molecule has 1 N–H and O–H groups in total. The number of amides is 1. The van der Waals surface area contributed by atoms with Crippen molar-refractivity contribution in [3.8, 4) is 0 Å². The van der Waals surface area contributed by atoms with Crippen LogP contribution in [-0.4, -0.2) is 23.5 Å². The van der Waals surface area contributed by atoms with Crippen LogP contribution in [0.25, 0.3) is 0 Å². The van der Waals surface area contributed by atoms with Crippen LogP contribution >= 0.6 is 0 Å². The molecular weight excluding hydrogens is 379 g/mol. The molecule has 1 amide bonds. The Morgan fingerprint density at radius 3 is 2.52 bits per heavy atom. The van der Waals surface area contributed by atoms with E-state index >= 15 is 0 Å². The standard InChI is InChI=1S/C22H24F3N3O/c23-22(24,25)17-7-8-20(28-13-3-5-15-4-1-2-6-19(15)28)18(14-17)27-21(29)16-9-11-26-12-10-16/h7-12,14-15,19H,1-6,13H2,(H,27,29)/t15-,19+/m1/s1. The summed E-state index contributed by atoms with van der Waals surface area (Å²) in [6.45, 7) is 0.796. The van der Waals surface area contributed by atoms with Gasteiger partial charge in [-0.2, -0.15) is 13.2 Å². The second-order valence-corrected chi connectivity index (χ2v) is 7.87. The Kier molecular flexibility index (Phi) is 5.48. The van der Waals surface area contributed by atoms with Crippen molar-refractivity contribution in [1.82, 2.24) is 4.98 Å². The second-order valence-electron chi connectivity index (χ2n) is 7.87. The second kappa shape index (κ2) is 8.05. The molecule has 2 aromatic rings. The fourth-order valence-corrected chi connectivity index (χ4v) is 4.68. The van der Waals surface area contributed by atoms with Crippen molar-refractivity contribution >= 4 is 17.3 Å². The van der Waals surface area contributed by atoms with Gasteiger partial charge in [0.05, 0.1) is 16.9 Å². The molecule has 1 saturated heterocycles. The molecule has 7 heteroatoms. The molecule has 0 spiro atoms. The maximum absolute atomic E-state index is 13.3. The Morgan fingerprint density at radius 1 is 1.03 bits per heavy atom. The first-order chi connectivity index (χ1) is 13.9. The van der Waals surface area contributed by atoms with E-state index in [4.69, 9.17) is 0 Å². The summed E-state index contributed by atoms with van der Waals surface area (Å²) in [4.78, 5) is 18.8. The number of hydrogen-bond donors (Lipinski definition) is 1. The first kappa shape index (κ1) is 19.7. The highest BCUT2D eigenvalue weighted by Crippen LogP contribution is 2.42. The third-order valence-corrected chi connectivity index (χ3v) is 6.07. The van der Waals surface area contributed by atoms with Crippen LogP contribution in [0.2, 0.25) is 0 Å². The van der Waals surface area contributed by atoms with Gasteiger partial charge >= 0.3 is 6.18 Å². The Labute approximate surface area is 168 Å². The summed E-state index contributed by atoms with van der Waals surface area (Å²) in [5.41, 5.74) is 0.492. The highest BCUT2D eigenvalue weighted by molar-refractivity contribution is 6.06. The van der Waals surface area contributed by atoms with Crippen molar-refractivity contribution in [2.45, 2.75) is 50.7 Å². The summed E-state index contributed by atoms with van der Waals surface area (Å²) in [7, 11) is 0. The predicted molar refractivity (Wildman–Crippen MR) is 106 cm³/mol. The predicted octanol–water partition coefficient (Wildman–Crippen LogP) is 5.51. The van der Waals surface area contributed by atoms with Gasteiger partial charge in [0, 0.05) is 30.5 Å². The molecule has 154 valence electrons. The van der Waals surface area contributed by atoms with Crippen molar-refractivity contribution in [1.29, 1.82) is 0 Å². The number of carbonyl (C=O) groups is 1. The fourth-order valence-electron chi connectivity index (χ4n) is 4.68. The number of piperidine rings is 1. The first-order valence-corrected chi connectivity index (χ1v) is 10.1. The summed E-state index contributed by atoms with van der Waals surface area (Å²) >= 11 is 0. The molecule has 2 atom stereocenters. The molecule has 0 radical (unpaired) electrons. The van der Waals surface area contributed by atoms with Gasteiger partial charge in [-0.05, 0) is 61.9 Å². The zero-order valence-corrected chi connectivity index (χ0v) is 16.1. The van der Waals surface area contributed by atoms with E-state index in [-0.39, 0.29) is 5.69 Å². The minimum Gasteiger partial charge on any atom is -0.367 e. The van der Waals surface area contributed by atoms with E-state index in [1.54, 1.807) is 12.1 Å². The monoisotopic (exact) mass is 403 g/mol. The van der Waals surface area contributed by atoms with E-state index in [1.807, 2.05) is 0 Å². The van der Waals surface area contributed by atoms with Crippen LogP contribution in [0.1, 0.15) is 54.4 Å². The minimum atomic E-state index is -4.47. The van der Waals surface area contributed by atoms with E-state index in [0.717, 1.165) is 37.9 Å². The molecule has 2 fully saturated rings. The number of hydrogen-bond acceptors (Lipinski definition) is 3. The SMILES string of the molecule is O=C(Nc1cc(C(F)(F)F)ccc1N1CCC[C@H]2CCCC[C@@H]21)c1ccncc1. The zero-order chi connectivity index (χ0) is 20.4. The van der Waals surface area contributed by atoms with Gasteiger partial charge in [-0.15, -0.1) is 0 Å². The molecule has 1 aliphatic heterocycles. The Hall–Kier alpha value is -2.57.